The molecule has 2 nitrogen and oxygen atoms in total. The van der Waals surface area contributed by atoms with Crippen LogP contribution in [-0.4, -0.2) is 18.0 Å². The molecule has 1 aliphatic rings. The maximum absolute atomic E-state index is 3.58. The zero-order chi connectivity index (χ0) is 13.8. The highest BCUT2D eigenvalue weighted by atomic mass is 79.9. The van der Waals surface area contributed by atoms with Gasteiger partial charge >= 0.3 is 0 Å². The number of nitrogens with one attached hydrogen (secondary N) is 1. The summed E-state index contributed by atoms with van der Waals surface area (Å²) in [5.74, 6) is 0. The number of hydrogen-bond acceptors (Lipinski definition) is 3. The van der Waals surface area contributed by atoms with Crippen molar-refractivity contribution in [1.29, 1.82) is 0 Å². The minimum absolute atomic E-state index is 0.888. The van der Waals surface area contributed by atoms with Crippen LogP contribution in [0.15, 0.2) is 39.5 Å². The second-order valence-corrected chi connectivity index (χ2v) is 7.54. The van der Waals surface area contributed by atoms with E-state index in [0.29, 0.717) is 0 Å². The molecule has 3 rings (SSSR count). The smallest absolute Gasteiger partial charge is 0.0701 e. The van der Waals surface area contributed by atoms with Crippen molar-refractivity contribution in [3.8, 4) is 0 Å². The predicted octanol–water partition coefficient (Wildman–Crippen LogP) is 4.72. The summed E-state index contributed by atoms with van der Waals surface area (Å²) in [7, 11) is 0. The SMILES string of the molecule is Brc1cc(CNc2ccccc2CN2CCCC2)cs1. The van der Waals surface area contributed by atoms with E-state index in [-0.39, 0.29) is 0 Å². The summed E-state index contributed by atoms with van der Waals surface area (Å²) in [6, 6.07) is 10.9. The molecule has 20 heavy (non-hydrogen) atoms. The molecule has 1 aromatic heterocycles. The van der Waals surface area contributed by atoms with Crippen molar-refractivity contribution in [2.45, 2.75) is 25.9 Å². The van der Waals surface area contributed by atoms with Gasteiger partial charge in [-0.05, 0) is 70.5 Å². The number of halogens is 1. The van der Waals surface area contributed by atoms with Crippen molar-refractivity contribution < 1.29 is 0 Å². The number of benzene rings is 1. The molecule has 1 aliphatic heterocycles. The van der Waals surface area contributed by atoms with E-state index in [2.05, 4.69) is 61.9 Å². The van der Waals surface area contributed by atoms with Crippen LogP contribution in [0.25, 0.3) is 0 Å². The molecule has 0 spiro atoms. The Bertz CT molecular complexity index is 561. The molecular weight excluding hydrogens is 332 g/mol. The molecule has 0 radical (unpaired) electrons. The van der Waals surface area contributed by atoms with E-state index in [1.165, 1.54) is 46.5 Å². The lowest BCUT2D eigenvalue weighted by Crippen LogP contribution is -2.19. The van der Waals surface area contributed by atoms with E-state index in [9.17, 15) is 0 Å². The average Bonchev–Trinajstić information content (AvgIpc) is 3.10. The van der Waals surface area contributed by atoms with E-state index in [1.54, 1.807) is 11.3 Å². The summed E-state index contributed by atoms with van der Waals surface area (Å²) in [5, 5.41) is 5.77. The number of thiophene rings is 1. The van der Waals surface area contributed by atoms with Gasteiger partial charge in [0.2, 0.25) is 0 Å². The van der Waals surface area contributed by atoms with E-state index in [4.69, 9.17) is 0 Å². The van der Waals surface area contributed by atoms with Gasteiger partial charge in [-0.2, -0.15) is 0 Å². The van der Waals surface area contributed by atoms with Crippen LogP contribution in [0.1, 0.15) is 24.0 Å². The van der Waals surface area contributed by atoms with Crippen LogP contribution in [-0.2, 0) is 13.1 Å². The first-order valence-electron chi connectivity index (χ1n) is 7.08. The van der Waals surface area contributed by atoms with Crippen molar-refractivity contribution in [2.75, 3.05) is 18.4 Å². The molecule has 2 heterocycles. The van der Waals surface area contributed by atoms with Crippen LogP contribution < -0.4 is 5.32 Å². The van der Waals surface area contributed by atoms with Crippen molar-refractivity contribution >= 4 is 33.0 Å². The fourth-order valence-electron chi connectivity index (χ4n) is 2.65. The number of likely N-dealkylation sites (tertiary alicyclic amines) is 1. The summed E-state index contributed by atoms with van der Waals surface area (Å²) in [6.07, 6.45) is 2.69. The summed E-state index contributed by atoms with van der Waals surface area (Å²) in [5.41, 5.74) is 4.00. The van der Waals surface area contributed by atoms with Gasteiger partial charge in [0.15, 0.2) is 0 Å². The Labute approximate surface area is 132 Å². The first kappa shape index (κ1) is 14.1. The molecule has 106 valence electrons. The van der Waals surface area contributed by atoms with Crippen molar-refractivity contribution in [3.05, 3.63) is 50.6 Å². The van der Waals surface area contributed by atoms with Gasteiger partial charge in [0.25, 0.3) is 0 Å². The molecule has 1 saturated heterocycles. The standard InChI is InChI=1S/C16H19BrN2S/c17-16-9-13(12-20-16)10-18-15-6-2-1-5-14(15)11-19-7-3-4-8-19/h1-2,5-6,9,12,18H,3-4,7-8,10-11H2. The number of rotatable bonds is 5. The highest BCUT2D eigenvalue weighted by molar-refractivity contribution is 9.11. The summed E-state index contributed by atoms with van der Waals surface area (Å²) in [4.78, 5) is 2.54. The number of anilines is 1. The second-order valence-electron chi connectivity index (χ2n) is 5.25. The third-order valence-corrected chi connectivity index (χ3v) is 5.27. The molecule has 1 fully saturated rings. The normalized spacial score (nSPS) is 15.7. The topological polar surface area (TPSA) is 15.3 Å². The monoisotopic (exact) mass is 350 g/mol. The molecule has 1 N–H and O–H groups in total. The molecule has 0 atom stereocenters. The number of nitrogens with zero attached hydrogens (tertiary/aromatic N) is 1. The van der Waals surface area contributed by atoms with Crippen LogP contribution >= 0.6 is 27.3 Å². The highest BCUT2D eigenvalue weighted by Crippen LogP contribution is 2.23. The highest BCUT2D eigenvalue weighted by Gasteiger charge is 2.13. The minimum atomic E-state index is 0.888. The molecule has 1 aromatic carbocycles. The fraction of sp³-hybridized carbons (Fsp3) is 0.375. The quantitative estimate of drug-likeness (QED) is 0.839. The lowest BCUT2D eigenvalue weighted by atomic mass is 10.1. The van der Waals surface area contributed by atoms with Gasteiger partial charge in [0.05, 0.1) is 3.79 Å². The third kappa shape index (κ3) is 3.62. The Hall–Kier alpha value is -0.840. The average molecular weight is 351 g/mol. The number of para-hydroxylation sites is 1. The molecule has 0 unspecified atom stereocenters. The summed E-state index contributed by atoms with van der Waals surface area (Å²) < 4.78 is 1.19. The van der Waals surface area contributed by atoms with Crippen molar-refractivity contribution in [3.63, 3.8) is 0 Å². The lowest BCUT2D eigenvalue weighted by molar-refractivity contribution is 0.332. The first-order chi connectivity index (χ1) is 9.81. The zero-order valence-corrected chi connectivity index (χ0v) is 13.8. The molecule has 0 amide bonds. The molecule has 4 heteroatoms. The van der Waals surface area contributed by atoms with Crippen molar-refractivity contribution in [1.82, 2.24) is 4.90 Å². The zero-order valence-electron chi connectivity index (χ0n) is 11.4. The largest absolute Gasteiger partial charge is 0.381 e. The second kappa shape index (κ2) is 6.74. The number of hydrogen-bond donors (Lipinski definition) is 1. The Morgan fingerprint density at radius 2 is 2.00 bits per heavy atom. The maximum atomic E-state index is 3.58. The maximum Gasteiger partial charge on any atom is 0.0701 e. The van der Waals surface area contributed by atoms with Gasteiger partial charge < -0.3 is 5.32 Å². The van der Waals surface area contributed by atoms with Gasteiger partial charge in [-0.25, -0.2) is 0 Å². The molecule has 0 bridgehead atoms. The van der Waals surface area contributed by atoms with Crippen LogP contribution in [0, 0.1) is 0 Å². The Morgan fingerprint density at radius 3 is 2.75 bits per heavy atom. The summed E-state index contributed by atoms with van der Waals surface area (Å²) >= 11 is 5.25. The summed E-state index contributed by atoms with van der Waals surface area (Å²) in [6.45, 7) is 4.44. The predicted molar refractivity (Wildman–Crippen MR) is 90.3 cm³/mol. The minimum Gasteiger partial charge on any atom is -0.381 e. The van der Waals surface area contributed by atoms with Gasteiger partial charge in [0.1, 0.15) is 0 Å². The van der Waals surface area contributed by atoms with Gasteiger partial charge in [-0.3, -0.25) is 4.90 Å². The van der Waals surface area contributed by atoms with Gasteiger partial charge in [-0.1, -0.05) is 18.2 Å². The van der Waals surface area contributed by atoms with Crippen LogP contribution in [0.2, 0.25) is 0 Å². The van der Waals surface area contributed by atoms with Crippen LogP contribution in [0.4, 0.5) is 5.69 Å². The first-order valence-corrected chi connectivity index (χ1v) is 8.75. The Balaban J connectivity index is 1.65. The fourth-order valence-corrected chi connectivity index (χ4v) is 3.86. The van der Waals surface area contributed by atoms with Crippen LogP contribution in [0.5, 0.6) is 0 Å². The molecule has 0 aliphatic carbocycles. The molecular formula is C16H19BrN2S. The van der Waals surface area contributed by atoms with Crippen molar-refractivity contribution in [2.24, 2.45) is 0 Å². The third-order valence-electron chi connectivity index (χ3n) is 3.71. The Morgan fingerprint density at radius 1 is 1.20 bits per heavy atom. The van der Waals surface area contributed by atoms with Gasteiger partial charge in [0, 0.05) is 18.8 Å². The van der Waals surface area contributed by atoms with Crippen LogP contribution in [0.3, 0.4) is 0 Å². The Kier molecular flexibility index (Phi) is 4.76. The molecule has 2 aromatic rings. The van der Waals surface area contributed by atoms with Gasteiger partial charge in [-0.15, -0.1) is 11.3 Å². The van der Waals surface area contributed by atoms with E-state index >= 15 is 0 Å². The molecule has 0 saturated carbocycles. The van der Waals surface area contributed by atoms with E-state index < -0.39 is 0 Å². The van der Waals surface area contributed by atoms with E-state index in [0.717, 1.165) is 13.1 Å². The van der Waals surface area contributed by atoms with E-state index in [1.807, 2.05) is 0 Å². The lowest BCUT2D eigenvalue weighted by Gasteiger charge is -2.18.